The molecule has 0 aromatic heterocycles. The molecule has 1 aliphatic carbocycles. The number of nitrogens with one attached hydrogen (secondary N) is 2. The maximum absolute atomic E-state index is 12.1. The minimum Gasteiger partial charge on any atom is -0.480 e. The maximum atomic E-state index is 12.1. The third kappa shape index (κ3) is 5.22. The fraction of sp³-hybridized carbons (Fsp3) is 0.467. The van der Waals surface area contributed by atoms with Crippen molar-refractivity contribution in [1.29, 1.82) is 0 Å². The zero-order valence-electron chi connectivity index (χ0n) is 13.2. The highest BCUT2D eigenvalue weighted by molar-refractivity contribution is 7.98. The van der Waals surface area contributed by atoms with E-state index in [9.17, 15) is 18.0 Å². The zero-order valence-corrected chi connectivity index (χ0v) is 14.8. The van der Waals surface area contributed by atoms with Crippen molar-refractivity contribution in [3.8, 4) is 0 Å². The van der Waals surface area contributed by atoms with Crippen molar-refractivity contribution in [3.05, 3.63) is 29.8 Å². The molecule has 7 nitrogen and oxygen atoms in total. The molecule has 1 aromatic rings. The van der Waals surface area contributed by atoms with Crippen LogP contribution >= 0.6 is 11.8 Å². The number of sulfonamides is 1. The number of benzene rings is 1. The van der Waals surface area contributed by atoms with E-state index in [0.717, 1.165) is 12.8 Å². The minimum atomic E-state index is -3.57. The van der Waals surface area contributed by atoms with Gasteiger partial charge in [-0.2, -0.15) is 11.8 Å². The van der Waals surface area contributed by atoms with Gasteiger partial charge in [0.25, 0.3) is 5.91 Å². The quantitative estimate of drug-likeness (QED) is 0.598. The number of rotatable bonds is 9. The van der Waals surface area contributed by atoms with E-state index in [1.165, 1.54) is 36.0 Å². The van der Waals surface area contributed by atoms with Crippen LogP contribution in [0.1, 0.15) is 29.6 Å². The molecule has 1 aliphatic rings. The van der Waals surface area contributed by atoms with Gasteiger partial charge in [-0.15, -0.1) is 0 Å². The lowest BCUT2D eigenvalue weighted by Crippen LogP contribution is -2.41. The fourth-order valence-electron chi connectivity index (χ4n) is 2.01. The molecular weight excluding hydrogens is 352 g/mol. The summed E-state index contributed by atoms with van der Waals surface area (Å²) in [6.07, 6.45) is 3.86. The Kier molecular flexibility index (Phi) is 6.25. The standard InChI is InChI=1S/C15H20N2O5S2/c1-23-9-8-13(15(19)20)16-14(18)10-2-6-12(7-3-10)24(21,22)17-11-4-5-11/h2-3,6-7,11,13,17H,4-5,8-9H2,1H3,(H,16,18)(H,19,20). The smallest absolute Gasteiger partial charge is 0.326 e. The van der Waals surface area contributed by atoms with Crippen molar-refractivity contribution in [3.63, 3.8) is 0 Å². The van der Waals surface area contributed by atoms with Crippen LogP contribution in [0.5, 0.6) is 0 Å². The molecule has 0 spiro atoms. The predicted molar refractivity (Wildman–Crippen MR) is 91.7 cm³/mol. The normalized spacial score (nSPS) is 15.7. The maximum Gasteiger partial charge on any atom is 0.326 e. The van der Waals surface area contributed by atoms with E-state index in [1.54, 1.807) is 0 Å². The number of carbonyl (C=O) groups excluding carboxylic acids is 1. The van der Waals surface area contributed by atoms with Gasteiger partial charge in [0, 0.05) is 11.6 Å². The third-order valence-corrected chi connectivity index (χ3v) is 5.72. The van der Waals surface area contributed by atoms with Crippen molar-refractivity contribution in [2.75, 3.05) is 12.0 Å². The number of carbonyl (C=O) groups is 2. The lowest BCUT2D eigenvalue weighted by Gasteiger charge is -2.14. The first-order chi connectivity index (χ1) is 11.3. The second-order valence-corrected chi connectivity index (χ2v) is 8.27. The van der Waals surface area contributed by atoms with Crippen molar-refractivity contribution in [2.24, 2.45) is 0 Å². The summed E-state index contributed by atoms with van der Waals surface area (Å²) < 4.78 is 26.7. The molecule has 1 atom stereocenters. The van der Waals surface area contributed by atoms with Crippen LogP contribution in [0.15, 0.2) is 29.2 Å². The fourth-order valence-corrected chi connectivity index (χ4v) is 3.79. The van der Waals surface area contributed by atoms with Gasteiger partial charge < -0.3 is 10.4 Å². The summed E-state index contributed by atoms with van der Waals surface area (Å²) in [5, 5.41) is 11.6. The minimum absolute atomic E-state index is 0.00531. The Balaban J connectivity index is 2.03. The first kappa shape index (κ1) is 18.8. The summed E-state index contributed by atoms with van der Waals surface area (Å²) in [6, 6.07) is 4.49. The van der Waals surface area contributed by atoms with E-state index in [0.29, 0.717) is 12.2 Å². The second-order valence-electron chi connectivity index (χ2n) is 5.57. The number of carboxylic acid groups (broad SMARTS) is 1. The Bertz CT molecular complexity index is 699. The van der Waals surface area contributed by atoms with E-state index < -0.39 is 27.9 Å². The van der Waals surface area contributed by atoms with Gasteiger partial charge in [0.05, 0.1) is 4.90 Å². The number of hydrogen-bond acceptors (Lipinski definition) is 5. The summed E-state index contributed by atoms with van der Waals surface area (Å²) in [5.41, 5.74) is 0.218. The SMILES string of the molecule is CSCCC(NC(=O)c1ccc(S(=O)(=O)NC2CC2)cc1)C(=O)O. The highest BCUT2D eigenvalue weighted by atomic mass is 32.2. The Labute approximate surface area is 145 Å². The summed E-state index contributed by atoms with van der Waals surface area (Å²) >= 11 is 1.50. The molecule has 24 heavy (non-hydrogen) atoms. The number of thioether (sulfide) groups is 1. The van der Waals surface area contributed by atoms with Gasteiger partial charge >= 0.3 is 5.97 Å². The molecule has 1 aromatic carbocycles. The van der Waals surface area contributed by atoms with Crippen LogP contribution in [0.2, 0.25) is 0 Å². The van der Waals surface area contributed by atoms with Gasteiger partial charge in [0.1, 0.15) is 6.04 Å². The molecule has 1 fully saturated rings. The summed E-state index contributed by atoms with van der Waals surface area (Å²) in [5.74, 6) is -1.02. The topological polar surface area (TPSA) is 113 Å². The third-order valence-electron chi connectivity index (χ3n) is 3.54. The molecule has 0 bridgehead atoms. The van der Waals surface area contributed by atoms with Crippen molar-refractivity contribution < 1.29 is 23.1 Å². The monoisotopic (exact) mass is 372 g/mol. The highest BCUT2D eigenvalue weighted by Crippen LogP contribution is 2.22. The Morgan fingerprint density at radius 2 is 1.92 bits per heavy atom. The Morgan fingerprint density at radius 3 is 2.42 bits per heavy atom. The van der Waals surface area contributed by atoms with Crippen LogP contribution in [0, 0.1) is 0 Å². The molecular formula is C15H20N2O5S2. The first-order valence-electron chi connectivity index (χ1n) is 7.48. The van der Waals surface area contributed by atoms with Gasteiger partial charge in [0.2, 0.25) is 10.0 Å². The van der Waals surface area contributed by atoms with Crippen molar-refractivity contribution in [1.82, 2.24) is 10.0 Å². The van der Waals surface area contributed by atoms with E-state index in [2.05, 4.69) is 10.0 Å². The van der Waals surface area contributed by atoms with Crippen LogP contribution in [0.3, 0.4) is 0 Å². The Morgan fingerprint density at radius 1 is 1.29 bits per heavy atom. The van der Waals surface area contributed by atoms with Gasteiger partial charge in [-0.1, -0.05) is 0 Å². The first-order valence-corrected chi connectivity index (χ1v) is 10.4. The molecule has 0 saturated heterocycles. The molecule has 1 unspecified atom stereocenters. The van der Waals surface area contributed by atoms with Crippen LogP contribution < -0.4 is 10.0 Å². The summed E-state index contributed by atoms with van der Waals surface area (Å²) in [7, 11) is -3.57. The summed E-state index contributed by atoms with van der Waals surface area (Å²) in [6.45, 7) is 0. The zero-order chi connectivity index (χ0) is 17.7. The van der Waals surface area contributed by atoms with E-state index in [4.69, 9.17) is 5.11 Å². The van der Waals surface area contributed by atoms with Crippen molar-refractivity contribution in [2.45, 2.75) is 36.2 Å². The predicted octanol–water partition coefficient (Wildman–Crippen LogP) is 1.06. The van der Waals surface area contributed by atoms with E-state index in [1.807, 2.05) is 6.26 Å². The number of amides is 1. The molecule has 1 amide bonds. The molecule has 2 rings (SSSR count). The van der Waals surface area contributed by atoms with Gasteiger partial charge in [-0.05, 0) is 55.5 Å². The van der Waals surface area contributed by atoms with Crippen LogP contribution in [-0.4, -0.2) is 49.5 Å². The molecule has 132 valence electrons. The molecule has 3 N–H and O–H groups in total. The van der Waals surface area contributed by atoms with Crippen LogP contribution in [0.25, 0.3) is 0 Å². The molecule has 0 radical (unpaired) electrons. The van der Waals surface area contributed by atoms with Gasteiger partial charge in [-0.25, -0.2) is 17.9 Å². The molecule has 0 heterocycles. The Hall–Kier alpha value is -1.58. The van der Waals surface area contributed by atoms with E-state index in [-0.39, 0.29) is 16.5 Å². The number of aliphatic carboxylic acids is 1. The van der Waals surface area contributed by atoms with Crippen LogP contribution in [0.4, 0.5) is 0 Å². The largest absolute Gasteiger partial charge is 0.480 e. The summed E-state index contributed by atoms with van der Waals surface area (Å²) in [4.78, 5) is 23.4. The van der Waals surface area contributed by atoms with E-state index >= 15 is 0 Å². The van der Waals surface area contributed by atoms with Gasteiger partial charge in [-0.3, -0.25) is 4.79 Å². The molecule has 1 saturated carbocycles. The van der Waals surface area contributed by atoms with Crippen molar-refractivity contribution >= 4 is 33.7 Å². The van der Waals surface area contributed by atoms with Crippen LogP contribution in [-0.2, 0) is 14.8 Å². The number of carboxylic acids is 1. The van der Waals surface area contributed by atoms with Gasteiger partial charge in [0.15, 0.2) is 0 Å². The lowest BCUT2D eigenvalue weighted by molar-refractivity contribution is -0.139. The molecule has 0 aliphatic heterocycles. The lowest BCUT2D eigenvalue weighted by atomic mass is 10.1. The highest BCUT2D eigenvalue weighted by Gasteiger charge is 2.28. The second kappa shape index (κ2) is 8.00. The molecule has 9 heteroatoms. The average molecular weight is 372 g/mol. The number of hydrogen-bond donors (Lipinski definition) is 3. The average Bonchev–Trinajstić information content (AvgIpc) is 3.34.